The Kier molecular flexibility index (Phi) is 11.5. The van der Waals surface area contributed by atoms with Crippen molar-refractivity contribution in [3.05, 3.63) is 70.0 Å². The quantitative estimate of drug-likeness (QED) is 0.0681. The minimum atomic E-state index is -4.40. The highest BCUT2D eigenvalue weighted by atomic mass is 19.4. The number of hydrogen-bond donors (Lipinski definition) is 5. The van der Waals surface area contributed by atoms with Crippen LogP contribution in [0.4, 0.5) is 18.9 Å². The molecule has 3 heterocycles. The summed E-state index contributed by atoms with van der Waals surface area (Å²) in [6, 6.07) is 2.58. The standard InChI is InChI=1S/C35H46F3N9O5/c1-7-26(39-4)30(45-10-12-46(13-11-45)33(50)29-31(49)21(3)44(6)42-29)34(51)47(43-32(40-5)22-8-14-52-15-9-22)19-20(2)41-27-17-23-16-25(35(36,37)38)24(23)18-28(27)48/h8,17-18,25,32,39,41,43,48-49H,2,5,7,9-16,19H2,1,3-4,6H3/b30-26+. The van der Waals surface area contributed by atoms with E-state index in [2.05, 4.69) is 39.4 Å². The zero-order chi connectivity index (χ0) is 37.9. The Bertz CT molecular complexity index is 1770. The molecule has 0 bridgehead atoms. The number of phenols is 1. The summed E-state index contributed by atoms with van der Waals surface area (Å²) < 4.78 is 46.9. The lowest BCUT2D eigenvalue weighted by atomic mass is 9.76. The van der Waals surface area contributed by atoms with Gasteiger partial charge in [-0.2, -0.15) is 18.3 Å². The van der Waals surface area contributed by atoms with Crippen LogP contribution < -0.4 is 16.1 Å². The molecule has 282 valence electrons. The molecule has 2 atom stereocenters. The number of benzene rings is 1. The van der Waals surface area contributed by atoms with Crippen LogP contribution >= 0.6 is 0 Å². The van der Waals surface area contributed by atoms with Gasteiger partial charge in [0.15, 0.2) is 11.4 Å². The SMILES string of the molecule is C=NC(NN(CC(=C)Nc1cc2c(cc1O)C(C(F)(F)F)C2)C(=O)/C(=C(/CC)NC)N1CCN(C(=O)c2nn(C)c(C)c2O)CC1)C1=CCOCC1. The third kappa shape index (κ3) is 7.89. The molecule has 2 unspecified atom stereocenters. The van der Waals surface area contributed by atoms with Gasteiger partial charge in [-0.25, -0.2) is 5.43 Å². The second kappa shape index (κ2) is 15.7. The van der Waals surface area contributed by atoms with E-state index in [1.165, 1.54) is 15.8 Å². The Balaban J connectivity index is 1.39. The molecular weight excluding hydrogens is 683 g/mol. The van der Waals surface area contributed by atoms with E-state index in [1.807, 2.05) is 17.9 Å². The molecule has 0 saturated carbocycles. The van der Waals surface area contributed by atoms with Crippen LogP contribution in [0.15, 0.2) is 52.4 Å². The summed E-state index contributed by atoms with van der Waals surface area (Å²) in [5.74, 6) is -3.02. The Morgan fingerprint density at radius 2 is 1.88 bits per heavy atom. The summed E-state index contributed by atoms with van der Waals surface area (Å²) in [4.78, 5) is 35.7. The lowest BCUT2D eigenvalue weighted by molar-refractivity contribution is -0.155. The van der Waals surface area contributed by atoms with Crippen molar-refractivity contribution in [2.45, 2.75) is 51.4 Å². The molecule has 5 N–H and O–H groups in total. The molecule has 1 saturated heterocycles. The number of carbonyl (C=O) groups excluding carboxylic acids is 2. The van der Waals surface area contributed by atoms with Gasteiger partial charge in [0.2, 0.25) is 0 Å². The zero-order valence-electron chi connectivity index (χ0n) is 29.8. The topological polar surface area (TPSA) is 160 Å². The number of halogens is 3. The van der Waals surface area contributed by atoms with Crippen molar-refractivity contribution in [3.63, 3.8) is 0 Å². The van der Waals surface area contributed by atoms with Gasteiger partial charge in [-0.15, -0.1) is 0 Å². The number of fused-ring (bicyclic) bond motifs is 1. The summed E-state index contributed by atoms with van der Waals surface area (Å²) in [5, 5.41) is 32.8. The van der Waals surface area contributed by atoms with E-state index in [0.29, 0.717) is 61.8 Å². The van der Waals surface area contributed by atoms with E-state index < -0.39 is 30.1 Å². The largest absolute Gasteiger partial charge is 0.506 e. The number of aryl methyl sites for hydroxylation is 1. The van der Waals surface area contributed by atoms with Gasteiger partial charge in [-0.1, -0.05) is 19.6 Å². The van der Waals surface area contributed by atoms with Crippen LogP contribution in [0.2, 0.25) is 0 Å². The first-order valence-electron chi connectivity index (χ1n) is 17.0. The number of rotatable bonds is 13. The number of piperazine rings is 1. The molecule has 17 heteroatoms. The van der Waals surface area contributed by atoms with Crippen molar-refractivity contribution < 1.29 is 37.7 Å². The van der Waals surface area contributed by atoms with Gasteiger partial charge in [0.1, 0.15) is 17.6 Å². The maximum absolute atomic E-state index is 14.7. The average molecular weight is 730 g/mol. The number of aliphatic imine (C=N–C) groups is 1. The van der Waals surface area contributed by atoms with Gasteiger partial charge in [0.05, 0.1) is 37.1 Å². The molecule has 1 aliphatic carbocycles. The Morgan fingerprint density at radius 3 is 2.44 bits per heavy atom. The Hall–Kier alpha value is -5.03. The molecule has 2 amide bonds. The van der Waals surface area contributed by atoms with Crippen molar-refractivity contribution in [1.29, 1.82) is 0 Å². The number of aromatic hydroxyl groups is 2. The molecule has 3 aliphatic rings. The number of ether oxygens (including phenoxy) is 1. The van der Waals surface area contributed by atoms with Gasteiger partial charge in [-0.05, 0) is 61.7 Å². The molecule has 1 fully saturated rings. The van der Waals surface area contributed by atoms with Crippen molar-refractivity contribution in [3.8, 4) is 11.5 Å². The number of hydrazine groups is 1. The molecule has 5 rings (SSSR count). The molecule has 0 spiro atoms. The van der Waals surface area contributed by atoms with Crippen LogP contribution in [-0.2, 0) is 23.0 Å². The van der Waals surface area contributed by atoms with Gasteiger partial charge in [0, 0.05) is 51.7 Å². The number of aromatic nitrogens is 2. The van der Waals surface area contributed by atoms with Crippen molar-refractivity contribution in [2.24, 2.45) is 12.0 Å². The van der Waals surface area contributed by atoms with Crippen LogP contribution in [0.3, 0.4) is 0 Å². The lowest BCUT2D eigenvalue weighted by Gasteiger charge is -2.39. The first-order valence-corrected chi connectivity index (χ1v) is 17.0. The number of allylic oxidation sites excluding steroid dienone is 1. The van der Waals surface area contributed by atoms with Gasteiger partial charge >= 0.3 is 6.18 Å². The highest BCUT2D eigenvalue weighted by Crippen LogP contribution is 2.49. The molecule has 14 nitrogen and oxygen atoms in total. The normalized spacial score (nSPS) is 18.4. The number of nitrogens with zero attached hydrogens (tertiary/aromatic N) is 6. The monoisotopic (exact) mass is 729 g/mol. The summed E-state index contributed by atoms with van der Waals surface area (Å²) in [6.45, 7) is 13.2. The summed E-state index contributed by atoms with van der Waals surface area (Å²) in [5.41, 5.74) is 6.40. The summed E-state index contributed by atoms with van der Waals surface area (Å²) >= 11 is 0. The molecular formula is C35H46F3N9O5. The fraction of sp³-hybridized carbons (Fsp3) is 0.486. The molecule has 1 aromatic carbocycles. The minimum absolute atomic E-state index is 0.0320. The van der Waals surface area contributed by atoms with Crippen LogP contribution in [0.5, 0.6) is 11.5 Å². The predicted octanol–water partition coefficient (Wildman–Crippen LogP) is 3.27. The highest BCUT2D eigenvalue weighted by molar-refractivity contribution is 5.96. The fourth-order valence-corrected chi connectivity index (χ4v) is 6.59. The number of amides is 2. The minimum Gasteiger partial charge on any atom is -0.506 e. The predicted molar refractivity (Wildman–Crippen MR) is 189 cm³/mol. The molecule has 0 radical (unpaired) electrons. The third-order valence-corrected chi connectivity index (χ3v) is 9.70. The van der Waals surface area contributed by atoms with E-state index in [9.17, 15) is 33.0 Å². The number of anilines is 1. The van der Waals surface area contributed by atoms with E-state index in [0.717, 1.165) is 11.6 Å². The van der Waals surface area contributed by atoms with Crippen LogP contribution in [0.25, 0.3) is 0 Å². The fourth-order valence-electron chi connectivity index (χ4n) is 6.59. The van der Waals surface area contributed by atoms with Crippen LogP contribution in [-0.4, -0.2) is 119 Å². The number of hydrogen-bond acceptors (Lipinski definition) is 11. The molecule has 1 aromatic heterocycles. The Labute approximate surface area is 300 Å². The van der Waals surface area contributed by atoms with Crippen molar-refractivity contribution in [2.75, 3.05) is 58.3 Å². The van der Waals surface area contributed by atoms with Gasteiger partial charge in [-0.3, -0.25) is 24.3 Å². The maximum atomic E-state index is 14.7. The first kappa shape index (κ1) is 38.2. The van der Waals surface area contributed by atoms with Gasteiger partial charge in [0.25, 0.3) is 11.8 Å². The maximum Gasteiger partial charge on any atom is 0.396 e. The van der Waals surface area contributed by atoms with E-state index in [4.69, 9.17) is 4.74 Å². The number of alkyl halides is 3. The second-order valence-corrected chi connectivity index (χ2v) is 12.9. The smallest absolute Gasteiger partial charge is 0.396 e. The first-order chi connectivity index (χ1) is 24.7. The van der Waals surface area contributed by atoms with E-state index >= 15 is 0 Å². The summed E-state index contributed by atoms with van der Waals surface area (Å²) in [7, 11) is 3.36. The van der Waals surface area contributed by atoms with Crippen LogP contribution in [0, 0.1) is 6.92 Å². The number of carbonyl (C=O) groups is 2. The molecule has 52 heavy (non-hydrogen) atoms. The average Bonchev–Trinajstić information content (AvgIpc) is 3.37. The third-order valence-electron chi connectivity index (χ3n) is 9.70. The highest BCUT2D eigenvalue weighted by Gasteiger charge is 2.47. The van der Waals surface area contributed by atoms with Crippen molar-refractivity contribution in [1.82, 2.24) is 35.3 Å². The number of phenolic OH excluding ortho intramolecular Hbond substituents is 1. The van der Waals surface area contributed by atoms with Crippen LogP contribution in [0.1, 0.15) is 53.0 Å². The van der Waals surface area contributed by atoms with E-state index in [-0.39, 0.29) is 60.2 Å². The molecule has 2 aliphatic heterocycles. The van der Waals surface area contributed by atoms with E-state index in [1.54, 1.807) is 25.9 Å². The lowest BCUT2D eigenvalue weighted by Crippen LogP contribution is -2.55. The second-order valence-electron chi connectivity index (χ2n) is 12.9. The summed E-state index contributed by atoms with van der Waals surface area (Å²) in [6.07, 6.45) is -2.40. The van der Waals surface area contributed by atoms with Gasteiger partial charge < -0.3 is 35.4 Å². The number of nitrogens with one attached hydrogen (secondary N) is 3. The zero-order valence-corrected chi connectivity index (χ0v) is 29.8. The Morgan fingerprint density at radius 1 is 1.19 bits per heavy atom. The molecule has 2 aromatic rings. The van der Waals surface area contributed by atoms with Crippen molar-refractivity contribution >= 4 is 24.2 Å².